The van der Waals surface area contributed by atoms with Gasteiger partial charge in [-0.25, -0.2) is 8.42 Å². The van der Waals surface area contributed by atoms with Gasteiger partial charge in [0.05, 0.1) is 10.6 Å². The van der Waals surface area contributed by atoms with Gasteiger partial charge in [-0.15, -0.1) is 0 Å². The number of nitrogens with zero attached hydrogens (tertiary/aromatic N) is 2. The molecule has 0 aliphatic carbocycles. The van der Waals surface area contributed by atoms with Crippen molar-refractivity contribution in [3.63, 3.8) is 0 Å². The van der Waals surface area contributed by atoms with Crippen molar-refractivity contribution >= 4 is 50.7 Å². The van der Waals surface area contributed by atoms with Crippen molar-refractivity contribution in [2.45, 2.75) is 24.4 Å². The number of benzene rings is 3. The third-order valence-corrected chi connectivity index (χ3v) is 7.81. The van der Waals surface area contributed by atoms with Crippen molar-refractivity contribution in [1.82, 2.24) is 10.2 Å². The van der Waals surface area contributed by atoms with E-state index >= 15 is 0 Å². The van der Waals surface area contributed by atoms with E-state index in [1.165, 1.54) is 30.1 Å². The number of carbonyl (C=O) groups excluding carboxylic acids is 2. The molecule has 0 aromatic heterocycles. The lowest BCUT2D eigenvalue weighted by Gasteiger charge is -2.32. The molecule has 0 radical (unpaired) electrons. The van der Waals surface area contributed by atoms with Crippen molar-refractivity contribution in [2.75, 3.05) is 17.9 Å². The summed E-state index contributed by atoms with van der Waals surface area (Å²) in [5, 5.41) is 3.28. The van der Waals surface area contributed by atoms with Gasteiger partial charge in [0.15, 0.2) is 0 Å². The largest absolute Gasteiger partial charge is 0.357 e. The molecule has 2 amide bonds. The van der Waals surface area contributed by atoms with Crippen LogP contribution in [0.2, 0.25) is 10.0 Å². The minimum atomic E-state index is -4.13. The second-order valence-corrected chi connectivity index (χ2v) is 10.4. The molecule has 0 aliphatic rings. The van der Waals surface area contributed by atoms with Gasteiger partial charge in [0, 0.05) is 23.6 Å². The topological polar surface area (TPSA) is 86.8 Å². The van der Waals surface area contributed by atoms with Gasteiger partial charge in [0.25, 0.3) is 10.0 Å². The zero-order valence-corrected chi connectivity index (χ0v) is 21.5. The van der Waals surface area contributed by atoms with Crippen LogP contribution in [0, 0.1) is 0 Å². The summed E-state index contributed by atoms with van der Waals surface area (Å²) < 4.78 is 28.2. The number of carbonyl (C=O) groups is 2. The summed E-state index contributed by atoms with van der Waals surface area (Å²) in [6, 6.07) is 20.1. The molecule has 0 unspecified atom stereocenters. The summed E-state index contributed by atoms with van der Waals surface area (Å²) in [5.74, 6) is -0.980. The Hall–Kier alpha value is -3.07. The Kier molecular flexibility index (Phi) is 8.77. The molecule has 10 heteroatoms. The highest BCUT2D eigenvalue weighted by molar-refractivity contribution is 7.92. The summed E-state index contributed by atoms with van der Waals surface area (Å²) in [6.07, 6.45) is 0. The van der Waals surface area contributed by atoms with Gasteiger partial charge in [0.1, 0.15) is 12.6 Å². The van der Waals surface area contributed by atoms with Crippen molar-refractivity contribution < 1.29 is 18.0 Å². The van der Waals surface area contributed by atoms with E-state index in [-0.39, 0.29) is 17.1 Å². The zero-order chi connectivity index (χ0) is 25.6. The first-order chi connectivity index (χ1) is 16.6. The van der Waals surface area contributed by atoms with Gasteiger partial charge in [0.2, 0.25) is 11.8 Å². The maximum atomic E-state index is 13.6. The summed E-state index contributed by atoms with van der Waals surface area (Å²) in [4.78, 5) is 27.4. The number of hydrogen-bond donors (Lipinski definition) is 1. The van der Waals surface area contributed by atoms with Gasteiger partial charge < -0.3 is 10.2 Å². The number of amides is 2. The van der Waals surface area contributed by atoms with Crippen LogP contribution in [0.3, 0.4) is 0 Å². The highest BCUT2D eigenvalue weighted by Crippen LogP contribution is 2.27. The van der Waals surface area contributed by atoms with Gasteiger partial charge in [-0.2, -0.15) is 0 Å². The second kappa shape index (κ2) is 11.6. The van der Waals surface area contributed by atoms with Gasteiger partial charge in [-0.3, -0.25) is 13.9 Å². The maximum Gasteiger partial charge on any atom is 0.264 e. The van der Waals surface area contributed by atoms with Crippen LogP contribution in [0.25, 0.3) is 0 Å². The molecule has 35 heavy (non-hydrogen) atoms. The summed E-state index contributed by atoms with van der Waals surface area (Å²) >= 11 is 12.4. The Bertz CT molecular complexity index is 1300. The molecule has 3 aromatic rings. The minimum Gasteiger partial charge on any atom is -0.357 e. The van der Waals surface area contributed by atoms with E-state index in [9.17, 15) is 18.0 Å². The number of anilines is 1. The average Bonchev–Trinajstić information content (AvgIpc) is 2.86. The molecule has 0 saturated carbocycles. The molecular formula is C25H25Cl2N3O4S. The maximum absolute atomic E-state index is 13.6. The van der Waals surface area contributed by atoms with E-state index in [0.717, 1.165) is 4.31 Å². The summed E-state index contributed by atoms with van der Waals surface area (Å²) in [6.45, 7) is 1.04. The summed E-state index contributed by atoms with van der Waals surface area (Å²) in [5.41, 5.74) is 0.846. The predicted octanol–water partition coefficient (Wildman–Crippen LogP) is 4.35. The Morgan fingerprint density at radius 1 is 0.943 bits per heavy atom. The normalized spacial score (nSPS) is 12.0. The van der Waals surface area contributed by atoms with E-state index < -0.39 is 34.4 Å². The molecule has 0 aliphatic heterocycles. The van der Waals surface area contributed by atoms with Crippen LogP contribution in [0.1, 0.15) is 12.5 Å². The fourth-order valence-electron chi connectivity index (χ4n) is 3.48. The second-order valence-electron chi connectivity index (χ2n) is 7.71. The number of hydrogen-bond acceptors (Lipinski definition) is 4. The van der Waals surface area contributed by atoms with Crippen LogP contribution in [0.4, 0.5) is 5.69 Å². The van der Waals surface area contributed by atoms with Crippen LogP contribution in [0.15, 0.2) is 83.8 Å². The van der Waals surface area contributed by atoms with Crippen LogP contribution in [0.5, 0.6) is 0 Å². The molecule has 0 bridgehead atoms. The van der Waals surface area contributed by atoms with Crippen LogP contribution in [-0.4, -0.2) is 44.8 Å². The molecule has 184 valence electrons. The fraction of sp³-hybridized carbons (Fsp3) is 0.200. The van der Waals surface area contributed by atoms with Crippen molar-refractivity contribution in [2.24, 2.45) is 0 Å². The van der Waals surface area contributed by atoms with Gasteiger partial charge in [-0.05, 0) is 48.9 Å². The zero-order valence-electron chi connectivity index (χ0n) is 19.2. The van der Waals surface area contributed by atoms with Crippen LogP contribution >= 0.6 is 23.2 Å². The highest BCUT2D eigenvalue weighted by Gasteiger charge is 2.32. The van der Waals surface area contributed by atoms with Crippen molar-refractivity contribution in [3.05, 3.63) is 94.5 Å². The van der Waals surface area contributed by atoms with E-state index in [0.29, 0.717) is 15.6 Å². The first kappa shape index (κ1) is 26.5. The number of halogens is 2. The standard InChI is InChI=1S/C25H25Cl2N3O4S/c1-18(25(32)28-2)29(16-19-9-6-7-14-23(19)27)24(31)17-30(21-11-8-10-20(26)15-21)35(33,34)22-12-4-3-5-13-22/h3-15,18H,16-17H2,1-2H3,(H,28,32)/t18-/m0/s1. The molecule has 0 saturated heterocycles. The fourth-order valence-corrected chi connectivity index (χ4v) is 5.29. The summed E-state index contributed by atoms with van der Waals surface area (Å²) in [7, 11) is -2.66. The number of likely N-dealkylation sites (N-methyl/N-ethyl adjacent to an activating group) is 1. The lowest BCUT2D eigenvalue weighted by Crippen LogP contribution is -2.50. The first-order valence-electron chi connectivity index (χ1n) is 10.7. The third kappa shape index (κ3) is 6.33. The Morgan fingerprint density at radius 3 is 2.23 bits per heavy atom. The predicted molar refractivity (Wildman–Crippen MR) is 138 cm³/mol. The number of sulfonamides is 1. The molecule has 1 atom stereocenters. The van der Waals surface area contributed by atoms with Gasteiger partial charge >= 0.3 is 0 Å². The van der Waals surface area contributed by atoms with Crippen molar-refractivity contribution in [1.29, 1.82) is 0 Å². The lowest BCUT2D eigenvalue weighted by atomic mass is 10.1. The van der Waals surface area contributed by atoms with Crippen LogP contribution < -0.4 is 9.62 Å². The smallest absolute Gasteiger partial charge is 0.264 e. The molecule has 3 rings (SSSR count). The third-order valence-electron chi connectivity index (χ3n) is 5.42. The first-order valence-corrected chi connectivity index (χ1v) is 12.9. The number of nitrogens with one attached hydrogen (secondary N) is 1. The Balaban J connectivity index is 2.04. The monoisotopic (exact) mass is 533 g/mol. The average molecular weight is 534 g/mol. The van der Waals surface area contributed by atoms with E-state index in [1.54, 1.807) is 67.6 Å². The van der Waals surface area contributed by atoms with Crippen LogP contribution in [-0.2, 0) is 26.2 Å². The molecule has 0 heterocycles. The van der Waals surface area contributed by atoms with E-state index in [1.807, 2.05) is 0 Å². The quantitative estimate of drug-likeness (QED) is 0.442. The molecule has 7 nitrogen and oxygen atoms in total. The molecule has 0 fully saturated rings. The van der Waals surface area contributed by atoms with Crippen molar-refractivity contribution in [3.8, 4) is 0 Å². The van der Waals surface area contributed by atoms with Gasteiger partial charge in [-0.1, -0.05) is 65.7 Å². The highest BCUT2D eigenvalue weighted by atomic mass is 35.5. The Labute approximate surface area is 215 Å². The minimum absolute atomic E-state index is 0.0157. The molecule has 1 N–H and O–H groups in total. The number of rotatable bonds is 9. The molecule has 3 aromatic carbocycles. The van der Waals surface area contributed by atoms with E-state index in [4.69, 9.17) is 23.2 Å². The molecule has 0 spiro atoms. The molecular weight excluding hydrogens is 509 g/mol. The van der Waals surface area contributed by atoms with E-state index in [2.05, 4.69) is 5.32 Å². The lowest BCUT2D eigenvalue weighted by molar-refractivity contribution is -0.139. The Morgan fingerprint density at radius 2 is 1.60 bits per heavy atom. The SMILES string of the molecule is CNC(=O)[C@H](C)N(Cc1ccccc1Cl)C(=O)CN(c1cccc(Cl)c1)S(=O)(=O)c1ccccc1.